The number of hydrogen-bond donors (Lipinski definition) is 4. The summed E-state index contributed by atoms with van der Waals surface area (Å²) >= 11 is 0. The van der Waals surface area contributed by atoms with Crippen molar-refractivity contribution < 1.29 is 35.5 Å². The summed E-state index contributed by atoms with van der Waals surface area (Å²) in [4.78, 5) is 19.5. The predicted octanol–water partition coefficient (Wildman–Crippen LogP) is -3.71. The summed E-state index contributed by atoms with van der Waals surface area (Å²) in [5.74, 6) is -3.54. The number of carboxylic acids is 2. The summed E-state index contributed by atoms with van der Waals surface area (Å²) < 4.78 is 0. The number of rotatable bonds is 3. The second kappa shape index (κ2) is 12.2. The smallest absolute Gasteiger partial charge is 0.335 e. The molecule has 0 fully saturated rings. The van der Waals surface area contributed by atoms with Crippen molar-refractivity contribution >= 4 is 115 Å². The average Bonchev–Trinajstić information content (AvgIpc) is 1.84. The maximum absolute atomic E-state index is 9.77. The van der Waals surface area contributed by atoms with Crippen LogP contribution >= 0.6 is 0 Å². The zero-order valence-corrected chi connectivity index (χ0v) is 13.5. The van der Waals surface area contributed by atoms with E-state index in [1.807, 2.05) is 0 Å². The van der Waals surface area contributed by atoms with E-state index in [4.69, 9.17) is 20.4 Å². The van der Waals surface area contributed by atoms with E-state index in [0.717, 1.165) is 0 Å². The van der Waals surface area contributed by atoms with Gasteiger partial charge < -0.3 is 25.9 Å². The van der Waals surface area contributed by atoms with Gasteiger partial charge in [-0.15, -0.1) is 0 Å². The fraction of sp³-hybridized carbons (Fsp3) is 0.500. The Morgan fingerprint density at radius 1 is 0.846 bits per heavy atom. The van der Waals surface area contributed by atoms with Crippen LogP contribution in [0.15, 0.2) is 0 Å². The van der Waals surface area contributed by atoms with Gasteiger partial charge in [-0.3, -0.25) is 0 Å². The summed E-state index contributed by atoms with van der Waals surface area (Å²) in [5.41, 5.74) is 0. The fourth-order valence-corrected chi connectivity index (χ4v) is 0.270. The summed E-state index contributed by atoms with van der Waals surface area (Å²) in [5, 5.41) is 32.5. The van der Waals surface area contributed by atoms with E-state index in [0.29, 0.717) is 0 Å². The van der Waals surface area contributed by atoms with E-state index >= 15 is 0 Å². The van der Waals surface area contributed by atoms with Crippen LogP contribution in [0.3, 0.4) is 0 Å². The molecule has 0 aromatic rings. The SMILES string of the molecule is O.O=C(O)[C@H](O)[C@@H](O)C(=O)O.[K].[K]. The van der Waals surface area contributed by atoms with Crippen LogP contribution in [-0.2, 0) is 9.59 Å². The van der Waals surface area contributed by atoms with Crippen LogP contribution in [0.4, 0.5) is 0 Å². The van der Waals surface area contributed by atoms with Gasteiger partial charge in [-0.05, 0) is 0 Å². The maximum atomic E-state index is 9.77. The third kappa shape index (κ3) is 10.4. The number of aliphatic hydroxyl groups excluding tert-OH is 2. The number of carboxylic acid groups (broad SMARTS) is 2. The van der Waals surface area contributed by atoms with Crippen LogP contribution in [-0.4, -0.2) is 153 Å². The molecule has 0 heterocycles. The van der Waals surface area contributed by atoms with Crippen LogP contribution in [0.1, 0.15) is 0 Å². The van der Waals surface area contributed by atoms with Gasteiger partial charge >= 0.3 is 11.9 Å². The molecule has 2 radical (unpaired) electrons. The molecule has 0 rings (SSSR count). The molecule has 6 N–H and O–H groups in total. The summed E-state index contributed by atoms with van der Waals surface area (Å²) in [6.07, 6.45) is -4.53. The van der Waals surface area contributed by atoms with Crippen LogP contribution < -0.4 is 0 Å². The van der Waals surface area contributed by atoms with Crippen molar-refractivity contribution in [1.29, 1.82) is 0 Å². The third-order valence-electron chi connectivity index (χ3n) is 0.805. The van der Waals surface area contributed by atoms with E-state index in [2.05, 4.69) is 0 Å². The molecule has 0 unspecified atom stereocenters. The summed E-state index contributed by atoms with van der Waals surface area (Å²) in [6, 6.07) is 0. The Bertz CT molecular complexity index is 143. The first-order valence-electron chi connectivity index (χ1n) is 2.28. The standard InChI is InChI=1S/C4H6O6.2K.H2O/c5-1(3(7)8)2(6)4(9)10;;;/h1-2,5-6H,(H,7,8)(H,9,10);;;1H2/t1-,2-;;;/m1.../s1. The Morgan fingerprint density at radius 3 is 1.08 bits per heavy atom. The molecule has 0 saturated carbocycles. The van der Waals surface area contributed by atoms with Gasteiger partial charge in [-0.25, -0.2) is 9.59 Å². The van der Waals surface area contributed by atoms with Crippen LogP contribution in [0.25, 0.3) is 0 Å². The molecule has 13 heavy (non-hydrogen) atoms. The Balaban J connectivity index is -0.000000135. The average molecular weight is 246 g/mol. The molecule has 9 heteroatoms. The van der Waals surface area contributed by atoms with Crippen molar-refractivity contribution in [3.05, 3.63) is 0 Å². The normalized spacial score (nSPS) is 12.2. The molecule has 0 amide bonds. The molecular formula is C4H8K2O7. The minimum absolute atomic E-state index is 0. The molecular weight excluding hydrogens is 238 g/mol. The van der Waals surface area contributed by atoms with Gasteiger partial charge in [0, 0.05) is 103 Å². The molecule has 0 aliphatic rings. The largest absolute Gasteiger partial charge is 0.479 e. The van der Waals surface area contributed by atoms with Crippen LogP contribution in [0.2, 0.25) is 0 Å². The Kier molecular flexibility index (Phi) is 22.8. The van der Waals surface area contributed by atoms with Crippen molar-refractivity contribution in [2.45, 2.75) is 12.2 Å². The van der Waals surface area contributed by atoms with E-state index in [-0.39, 0.29) is 108 Å². The van der Waals surface area contributed by atoms with Crippen molar-refractivity contribution in [3.63, 3.8) is 0 Å². The van der Waals surface area contributed by atoms with Gasteiger partial charge in [0.25, 0.3) is 0 Å². The molecule has 0 aliphatic carbocycles. The minimum atomic E-state index is -2.27. The minimum Gasteiger partial charge on any atom is -0.479 e. The van der Waals surface area contributed by atoms with Crippen molar-refractivity contribution in [3.8, 4) is 0 Å². The van der Waals surface area contributed by atoms with Crippen molar-refractivity contribution in [2.24, 2.45) is 0 Å². The second-order valence-corrected chi connectivity index (χ2v) is 1.57. The van der Waals surface area contributed by atoms with Gasteiger partial charge in [0.15, 0.2) is 12.2 Å². The molecule has 0 saturated heterocycles. The fourth-order valence-electron chi connectivity index (χ4n) is 0.270. The Morgan fingerprint density at radius 2 is 1.00 bits per heavy atom. The first-order chi connectivity index (χ1) is 4.46. The van der Waals surface area contributed by atoms with Crippen molar-refractivity contribution in [1.82, 2.24) is 0 Å². The predicted molar refractivity (Wildman–Crippen MR) is 42.4 cm³/mol. The van der Waals surface area contributed by atoms with E-state index in [1.54, 1.807) is 0 Å². The van der Waals surface area contributed by atoms with Crippen LogP contribution in [0, 0.1) is 0 Å². The first-order valence-corrected chi connectivity index (χ1v) is 2.28. The van der Waals surface area contributed by atoms with Gasteiger partial charge in [0.1, 0.15) is 0 Å². The summed E-state index contributed by atoms with van der Waals surface area (Å²) in [7, 11) is 0. The molecule has 0 spiro atoms. The van der Waals surface area contributed by atoms with E-state index < -0.39 is 24.1 Å². The van der Waals surface area contributed by atoms with Gasteiger partial charge in [0.05, 0.1) is 0 Å². The van der Waals surface area contributed by atoms with Crippen molar-refractivity contribution in [2.75, 3.05) is 0 Å². The Hall–Kier alpha value is 2.09. The zero-order valence-electron chi connectivity index (χ0n) is 7.26. The molecule has 68 valence electrons. The molecule has 2 atom stereocenters. The third-order valence-corrected chi connectivity index (χ3v) is 0.805. The van der Waals surface area contributed by atoms with Gasteiger partial charge in [-0.1, -0.05) is 0 Å². The summed E-state index contributed by atoms with van der Waals surface area (Å²) in [6.45, 7) is 0. The number of carbonyl (C=O) groups is 2. The van der Waals surface area contributed by atoms with Crippen LogP contribution in [0.5, 0.6) is 0 Å². The molecule has 0 bridgehead atoms. The quantitative estimate of drug-likeness (QED) is 0.377. The number of hydrogen-bond acceptors (Lipinski definition) is 4. The monoisotopic (exact) mass is 246 g/mol. The number of aliphatic carboxylic acids is 2. The topological polar surface area (TPSA) is 147 Å². The van der Waals surface area contributed by atoms with Gasteiger partial charge in [0.2, 0.25) is 0 Å². The molecule has 0 aromatic heterocycles. The molecule has 0 aromatic carbocycles. The van der Waals surface area contributed by atoms with E-state index in [1.165, 1.54) is 0 Å². The van der Waals surface area contributed by atoms with Gasteiger partial charge in [-0.2, -0.15) is 0 Å². The molecule has 0 aliphatic heterocycles. The Labute approximate surface area is 159 Å². The molecule has 7 nitrogen and oxygen atoms in total. The first kappa shape index (κ1) is 24.4. The maximum Gasteiger partial charge on any atom is 0.335 e. The number of aliphatic hydroxyl groups is 2. The second-order valence-electron chi connectivity index (χ2n) is 1.57. The zero-order chi connectivity index (χ0) is 8.31. The van der Waals surface area contributed by atoms with E-state index in [9.17, 15) is 9.59 Å².